The van der Waals surface area contributed by atoms with Crippen molar-refractivity contribution in [1.29, 1.82) is 0 Å². The minimum absolute atomic E-state index is 0.0175. The van der Waals surface area contributed by atoms with Crippen LogP contribution in [-0.2, 0) is 37.1 Å². The average molecular weight is 470 g/mol. The van der Waals surface area contributed by atoms with Crippen LogP contribution in [0.5, 0.6) is 0 Å². The summed E-state index contributed by atoms with van der Waals surface area (Å²) in [6.07, 6.45) is 11.0. The number of amides is 1. The number of nitrogens with one attached hydrogen (secondary N) is 1. The molecule has 0 spiro atoms. The molecule has 0 saturated heterocycles. The molecule has 2 aliphatic rings. The predicted molar refractivity (Wildman–Crippen MR) is 139 cm³/mol. The first-order valence-electron chi connectivity index (χ1n) is 13.2. The van der Waals surface area contributed by atoms with Gasteiger partial charge in [0.05, 0.1) is 23.7 Å². The van der Waals surface area contributed by atoms with E-state index in [0.29, 0.717) is 18.2 Å². The van der Waals surface area contributed by atoms with Crippen molar-refractivity contribution in [2.24, 2.45) is 5.92 Å². The molecular formula is C30H35N3O2. The Labute approximate surface area is 208 Å². The van der Waals surface area contributed by atoms with Gasteiger partial charge in [0, 0.05) is 12.0 Å². The van der Waals surface area contributed by atoms with Crippen LogP contribution in [0, 0.1) is 5.92 Å². The zero-order chi connectivity index (χ0) is 24.0. The van der Waals surface area contributed by atoms with Crippen LogP contribution in [0.1, 0.15) is 73.0 Å². The maximum Gasteiger partial charge on any atom is 0.225 e. The van der Waals surface area contributed by atoms with Gasteiger partial charge < -0.3 is 10.4 Å². The lowest BCUT2D eigenvalue weighted by molar-refractivity contribution is -0.116. The fourth-order valence-electron chi connectivity index (χ4n) is 5.53. The number of carbonyl (C=O) groups is 1. The van der Waals surface area contributed by atoms with Crippen LogP contribution in [0.25, 0.3) is 11.3 Å². The highest BCUT2D eigenvalue weighted by Gasteiger charge is 2.24. The van der Waals surface area contributed by atoms with Crippen molar-refractivity contribution in [1.82, 2.24) is 9.97 Å². The van der Waals surface area contributed by atoms with Gasteiger partial charge in [0.25, 0.3) is 0 Å². The lowest BCUT2D eigenvalue weighted by Gasteiger charge is -2.25. The Kier molecular flexibility index (Phi) is 7.53. The number of aryl methyl sites for hydroxylation is 3. The molecule has 1 heterocycles. The first-order chi connectivity index (χ1) is 17.2. The zero-order valence-electron chi connectivity index (χ0n) is 20.4. The average Bonchev–Trinajstić information content (AvgIpc) is 2.90. The molecule has 0 radical (unpaired) electrons. The summed E-state index contributed by atoms with van der Waals surface area (Å²) in [5.41, 5.74) is 7.36. The van der Waals surface area contributed by atoms with Crippen LogP contribution in [0.15, 0.2) is 48.5 Å². The Morgan fingerprint density at radius 1 is 0.971 bits per heavy atom. The molecule has 5 heteroatoms. The van der Waals surface area contributed by atoms with E-state index in [4.69, 9.17) is 9.97 Å². The van der Waals surface area contributed by atoms with Gasteiger partial charge >= 0.3 is 0 Å². The van der Waals surface area contributed by atoms with Gasteiger partial charge in [0.2, 0.25) is 5.91 Å². The summed E-state index contributed by atoms with van der Waals surface area (Å²) in [6, 6.07) is 16.4. The van der Waals surface area contributed by atoms with Gasteiger partial charge in [-0.1, -0.05) is 80.6 Å². The molecule has 0 atom stereocenters. The van der Waals surface area contributed by atoms with Gasteiger partial charge in [-0.2, -0.15) is 0 Å². The Morgan fingerprint density at radius 3 is 2.60 bits per heavy atom. The van der Waals surface area contributed by atoms with Crippen molar-refractivity contribution in [3.05, 3.63) is 76.6 Å². The van der Waals surface area contributed by atoms with E-state index in [1.165, 1.54) is 43.2 Å². The van der Waals surface area contributed by atoms with Crippen molar-refractivity contribution in [3.8, 4) is 11.3 Å². The molecule has 1 amide bonds. The van der Waals surface area contributed by atoms with E-state index in [1.807, 2.05) is 24.3 Å². The second-order valence-corrected chi connectivity index (χ2v) is 10.1. The third-order valence-corrected chi connectivity index (χ3v) is 7.46. The Morgan fingerprint density at radius 2 is 1.80 bits per heavy atom. The topological polar surface area (TPSA) is 75.1 Å². The highest BCUT2D eigenvalue weighted by molar-refractivity contribution is 5.90. The number of hydrogen-bond donors (Lipinski definition) is 2. The number of aromatic nitrogens is 2. The molecule has 1 fully saturated rings. The molecule has 5 rings (SSSR count). The molecule has 1 aromatic heterocycles. The molecule has 5 nitrogen and oxygen atoms in total. The molecule has 2 aromatic carbocycles. The van der Waals surface area contributed by atoms with E-state index in [-0.39, 0.29) is 12.5 Å². The first kappa shape index (κ1) is 23.7. The van der Waals surface area contributed by atoms with Crippen LogP contribution in [0.3, 0.4) is 0 Å². The molecule has 0 unspecified atom stereocenters. The number of anilines is 1. The predicted octanol–water partition coefficient (Wildman–Crippen LogP) is 5.82. The Bertz CT molecular complexity index is 1170. The summed E-state index contributed by atoms with van der Waals surface area (Å²) in [7, 11) is 0. The van der Waals surface area contributed by atoms with E-state index in [0.717, 1.165) is 60.3 Å². The van der Waals surface area contributed by atoms with Crippen LogP contribution in [0.4, 0.5) is 5.82 Å². The summed E-state index contributed by atoms with van der Waals surface area (Å²) >= 11 is 0. The molecule has 1 saturated carbocycles. The van der Waals surface area contributed by atoms with Crippen LogP contribution in [-0.4, -0.2) is 21.0 Å². The summed E-state index contributed by atoms with van der Waals surface area (Å²) in [5.74, 6) is 1.28. The molecule has 2 aliphatic carbocycles. The zero-order valence-corrected chi connectivity index (χ0v) is 20.4. The van der Waals surface area contributed by atoms with Crippen LogP contribution in [0.2, 0.25) is 0 Å². The normalized spacial score (nSPS) is 15.3. The number of hydrogen-bond acceptors (Lipinski definition) is 4. The molecule has 182 valence electrons. The van der Waals surface area contributed by atoms with Crippen LogP contribution >= 0.6 is 0 Å². The molecule has 0 aliphatic heterocycles. The highest BCUT2D eigenvalue weighted by atomic mass is 16.3. The SMILES string of the molecule is O=C(CCCc1ccccc1)Nc1nc2c(nc1CC1CCCCC1)-c1ccc(CO)cc1CC2. The number of aliphatic hydroxyl groups excluding tert-OH is 1. The fraction of sp³-hybridized carbons (Fsp3) is 0.433. The van der Waals surface area contributed by atoms with Gasteiger partial charge in [-0.15, -0.1) is 0 Å². The largest absolute Gasteiger partial charge is 0.392 e. The van der Waals surface area contributed by atoms with Crippen molar-refractivity contribution in [2.45, 2.75) is 77.2 Å². The van der Waals surface area contributed by atoms with Gasteiger partial charge in [-0.3, -0.25) is 4.79 Å². The Balaban J connectivity index is 1.37. The van der Waals surface area contributed by atoms with Crippen molar-refractivity contribution in [3.63, 3.8) is 0 Å². The minimum Gasteiger partial charge on any atom is -0.392 e. The summed E-state index contributed by atoms with van der Waals surface area (Å²) in [6.45, 7) is 0.0496. The molecular weight excluding hydrogens is 434 g/mol. The second kappa shape index (κ2) is 11.1. The first-order valence-corrected chi connectivity index (χ1v) is 13.2. The lowest BCUT2D eigenvalue weighted by Crippen LogP contribution is -2.20. The monoisotopic (exact) mass is 469 g/mol. The van der Waals surface area contributed by atoms with E-state index in [9.17, 15) is 9.90 Å². The fourth-order valence-corrected chi connectivity index (χ4v) is 5.53. The maximum atomic E-state index is 12.9. The highest BCUT2D eigenvalue weighted by Crippen LogP contribution is 2.35. The standard InChI is InChI=1S/C30H35N3O2/c34-20-23-14-16-25-24(18-23)15-17-26-29(25)31-27(19-22-10-5-2-6-11-22)30(32-26)33-28(35)13-7-12-21-8-3-1-4-9-21/h1,3-4,8-9,14,16,18,22,34H,2,5-7,10-13,15,17,19-20H2,(H,32,33,35). The summed E-state index contributed by atoms with van der Waals surface area (Å²) in [4.78, 5) is 23.0. The third-order valence-electron chi connectivity index (χ3n) is 7.46. The van der Waals surface area contributed by atoms with Gasteiger partial charge in [-0.25, -0.2) is 9.97 Å². The minimum atomic E-state index is 0.0175. The summed E-state index contributed by atoms with van der Waals surface area (Å²) in [5, 5.41) is 12.7. The molecule has 0 bridgehead atoms. The number of aliphatic hydroxyl groups is 1. The number of nitrogens with zero attached hydrogens (tertiary/aromatic N) is 2. The molecule has 35 heavy (non-hydrogen) atoms. The number of carbonyl (C=O) groups excluding carboxylic acids is 1. The second-order valence-electron chi connectivity index (χ2n) is 10.1. The Hall–Kier alpha value is -3.05. The van der Waals surface area contributed by atoms with E-state index in [2.05, 4.69) is 29.6 Å². The summed E-state index contributed by atoms with van der Waals surface area (Å²) < 4.78 is 0. The van der Waals surface area contributed by atoms with Crippen molar-refractivity contribution < 1.29 is 9.90 Å². The van der Waals surface area contributed by atoms with Gasteiger partial charge in [0.15, 0.2) is 5.82 Å². The number of benzene rings is 2. The lowest BCUT2D eigenvalue weighted by atomic mass is 9.85. The molecule has 3 aromatic rings. The van der Waals surface area contributed by atoms with Crippen LogP contribution < -0.4 is 5.32 Å². The number of fused-ring (bicyclic) bond motifs is 3. The molecule has 2 N–H and O–H groups in total. The third kappa shape index (κ3) is 5.79. The number of rotatable bonds is 8. The quantitative estimate of drug-likeness (QED) is 0.436. The maximum absolute atomic E-state index is 12.9. The smallest absolute Gasteiger partial charge is 0.225 e. The van der Waals surface area contributed by atoms with E-state index < -0.39 is 0 Å². The van der Waals surface area contributed by atoms with Crippen molar-refractivity contribution >= 4 is 11.7 Å². The van der Waals surface area contributed by atoms with E-state index >= 15 is 0 Å². The van der Waals surface area contributed by atoms with Gasteiger partial charge in [-0.05, 0) is 54.7 Å². The van der Waals surface area contributed by atoms with Crippen molar-refractivity contribution in [2.75, 3.05) is 5.32 Å². The van der Waals surface area contributed by atoms with Gasteiger partial charge in [0.1, 0.15) is 0 Å². The van der Waals surface area contributed by atoms with E-state index in [1.54, 1.807) is 0 Å².